The second-order valence-corrected chi connectivity index (χ2v) is 3.34. The topological polar surface area (TPSA) is 67.5 Å². The molecule has 5 heteroatoms. The highest BCUT2D eigenvalue weighted by atomic mass is 16.6. The van der Waals surface area contributed by atoms with Gasteiger partial charge in [0.2, 0.25) is 0 Å². The van der Waals surface area contributed by atoms with E-state index in [4.69, 9.17) is 0 Å². The Balaban J connectivity index is 2.59. The van der Waals surface area contributed by atoms with E-state index in [-0.39, 0.29) is 5.69 Å². The molecule has 1 N–H and O–H groups in total. The van der Waals surface area contributed by atoms with Gasteiger partial charge in [-0.1, -0.05) is 25.5 Å². The van der Waals surface area contributed by atoms with Crippen LogP contribution in [0.3, 0.4) is 0 Å². The molecular weight excluding hydrogens is 206 g/mol. The average Bonchev–Trinajstić information content (AvgIpc) is 2.29. The lowest BCUT2D eigenvalue weighted by Crippen LogP contribution is -1.96. The summed E-state index contributed by atoms with van der Waals surface area (Å²) < 4.78 is 0. The fourth-order valence-electron chi connectivity index (χ4n) is 1.20. The fraction of sp³-hybridized carbons (Fsp3) is 0.364. The molecule has 1 aromatic carbocycles. The molecule has 5 nitrogen and oxygen atoms in total. The molecule has 86 valence electrons. The van der Waals surface area contributed by atoms with Crippen LogP contribution in [0.2, 0.25) is 0 Å². The SMILES string of the molecule is CCCC/C=N/Nc1ccccc1[N+](=O)[O-]. The molecule has 0 bridgehead atoms. The predicted octanol–water partition coefficient (Wildman–Crippen LogP) is 3.18. The summed E-state index contributed by atoms with van der Waals surface area (Å²) in [5.41, 5.74) is 3.14. The third kappa shape index (κ3) is 3.68. The van der Waals surface area contributed by atoms with Crippen molar-refractivity contribution in [2.75, 3.05) is 5.43 Å². The largest absolute Gasteiger partial charge is 0.294 e. The predicted molar refractivity (Wildman–Crippen MR) is 64.7 cm³/mol. The Hall–Kier alpha value is -1.91. The first-order valence-electron chi connectivity index (χ1n) is 5.26. The van der Waals surface area contributed by atoms with Crippen LogP contribution in [0.25, 0.3) is 0 Å². The molecule has 0 aliphatic carbocycles. The van der Waals surface area contributed by atoms with E-state index in [0.717, 1.165) is 19.3 Å². The van der Waals surface area contributed by atoms with Crippen LogP contribution in [0.5, 0.6) is 0 Å². The Bertz CT molecular complexity index is 377. The minimum absolute atomic E-state index is 0.0372. The first-order valence-corrected chi connectivity index (χ1v) is 5.26. The average molecular weight is 221 g/mol. The van der Waals surface area contributed by atoms with E-state index in [1.165, 1.54) is 6.07 Å². The van der Waals surface area contributed by atoms with Crippen molar-refractivity contribution in [1.82, 2.24) is 0 Å². The van der Waals surface area contributed by atoms with Crippen LogP contribution in [0.4, 0.5) is 11.4 Å². The van der Waals surface area contributed by atoms with Crippen molar-refractivity contribution >= 4 is 17.6 Å². The lowest BCUT2D eigenvalue weighted by molar-refractivity contribution is -0.384. The highest BCUT2D eigenvalue weighted by Gasteiger charge is 2.10. The number of hydrazone groups is 1. The van der Waals surface area contributed by atoms with Crippen molar-refractivity contribution in [2.45, 2.75) is 26.2 Å². The highest BCUT2D eigenvalue weighted by Crippen LogP contribution is 2.22. The lowest BCUT2D eigenvalue weighted by Gasteiger charge is -2.00. The van der Waals surface area contributed by atoms with Crippen molar-refractivity contribution in [3.8, 4) is 0 Å². The first kappa shape index (κ1) is 12.2. The Labute approximate surface area is 94.3 Å². The number of nitrogens with zero attached hydrogens (tertiary/aromatic N) is 2. The summed E-state index contributed by atoms with van der Waals surface area (Å²) in [5.74, 6) is 0. The normalized spacial score (nSPS) is 10.6. The second kappa shape index (κ2) is 6.55. The van der Waals surface area contributed by atoms with Gasteiger partial charge in [-0.15, -0.1) is 0 Å². The van der Waals surface area contributed by atoms with Crippen LogP contribution in [0.1, 0.15) is 26.2 Å². The van der Waals surface area contributed by atoms with Crippen molar-refractivity contribution in [2.24, 2.45) is 5.10 Å². The van der Waals surface area contributed by atoms with Gasteiger partial charge in [0.1, 0.15) is 5.69 Å². The molecule has 0 aromatic heterocycles. The van der Waals surface area contributed by atoms with E-state index < -0.39 is 4.92 Å². The number of nitro groups is 1. The molecule has 0 fully saturated rings. The quantitative estimate of drug-likeness (QED) is 0.347. The molecule has 0 radical (unpaired) electrons. The molecule has 1 rings (SSSR count). The van der Waals surface area contributed by atoms with Crippen molar-refractivity contribution in [1.29, 1.82) is 0 Å². The highest BCUT2D eigenvalue weighted by molar-refractivity contribution is 5.64. The maximum absolute atomic E-state index is 10.7. The number of hydrogen-bond donors (Lipinski definition) is 1. The van der Waals surface area contributed by atoms with Gasteiger partial charge < -0.3 is 0 Å². The van der Waals surface area contributed by atoms with Gasteiger partial charge in [-0.25, -0.2) is 0 Å². The number of para-hydroxylation sites is 2. The number of anilines is 1. The molecular formula is C11H15N3O2. The maximum Gasteiger partial charge on any atom is 0.294 e. The minimum Gasteiger partial charge on any atom is -0.272 e. The number of nitro benzene ring substituents is 1. The summed E-state index contributed by atoms with van der Waals surface area (Å²) in [6.45, 7) is 2.10. The van der Waals surface area contributed by atoms with Crippen LogP contribution in [0.15, 0.2) is 29.4 Å². The van der Waals surface area contributed by atoms with E-state index in [9.17, 15) is 10.1 Å². The third-order valence-electron chi connectivity index (χ3n) is 2.06. The number of nitrogens with one attached hydrogen (secondary N) is 1. The summed E-state index contributed by atoms with van der Waals surface area (Å²) in [7, 11) is 0. The van der Waals surface area contributed by atoms with Crippen LogP contribution in [0, 0.1) is 10.1 Å². The third-order valence-corrected chi connectivity index (χ3v) is 2.06. The fourth-order valence-corrected chi connectivity index (χ4v) is 1.20. The molecule has 0 amide bonds. The van der Waals surface area contributed by atoms with Gasteiger partial charge in [0.05, 0.1) is 4.92 Å². The van der Waals surface area contributed by atoms with E-state index in [1.54, 1.807) is 24.4 Å². The number of hydrogen-bond acceptors (Lipinski definition) is 4. The van der Waals surface area contributed by atoms with E-state index >= 15 is 0 Å². The Morgan fingerprint density at radius 3 is 2.94 bits per heavy atom. The van der Waals surface area contributed by atoms with Gasteiger partial charge in [0, 0.05) is 12.3 Å². The van der Waals surface area contributed by atoms with Gasteiger partial charge in [-0.2, -0.15) is 5.10 Å². The molecule has 0 heterocycles. The molecule has 16 heavy (non-hydrogen) atoms. The number of rotatable bonds is 6. The van der Waals surface area contributed by atoms with Gasteiger partial charge >= 0.3 is 0 Å². The summed E-state index contributed by atoms with van der Waals surface area (Å²) in [5, 5.41) is 14.6. The molecule has 0 saturated carbocycles. The number of benzene rings is 1. The summed E-state index contributed by atoms with van der Waals surface area (Å²) in [4.78, 5) is 10.2. The molecule has 0 aliphatic rings. The lowest BCUT2D eigenvalue weighted by atomic mass is 10.3. The minimum atomic E-state index is -0.427. The van der Waals surface area contributed by atoms with Crippen molar-refractivity contribution in [3.05, 3.63) is 34.4 Å². The summed E-state index contributed by atoms with van der Waals surface area (Å²) in [6.07, 6.45) is 4.80. The molecule has 1 aromatic rings. The molecule has 0 aliphatic heterocycles. The Morgan fingerprint density at radius 2 is 2.25 bits per heavy atom. The van der Waals surface area contributed by atoms with Crippen molar-refractivity contribution < 1.29 is 4.92 Å². The zero-order chi connectivity index (χ0) is 11.8. The van der Waals surface area contributed by atoms with Crippen LogP contribution >= 0.6 is 0 Å². The van der Waals surface area contributed by atoms with E-state index in [0.29, 0.717) is 5.69 Å². The van der Waals surface area contributed by atoms with Crippen molar-refractivity contribution in [3.63, 3.8) is 0 Å². The zero-order valence-electron chi connectivity index (χ0n) is 9.22. The standard InChI is InChI=1S/C11H15N3O2/c1-2-3-6-9-12-13-10-7-4-5-8-11(10)14(15)16/h4-5,7-9,13H,2-3,6H2,1H3/b12-9+. The summed E-state index contributed by atoms with van der Waals surface area (Å²) >= 11 is 0. The van der Waals surface area contributed by atoms with Gasteiger partial charge in [-0.05, 0) is 18.9 Å². The molecule has 0 atom stereocenters. The second-order valence-electron chi connectivity index (χ2n) is 3.34. The van der Waals surface area contributed by atoms with Gasteiger partial charge in [-0.3, -0.25) is 15.5 Å². The summed E-state index contributed by atoms with van der Waals surface area (Å²) in [6, 6.07) is 6.44. The first-order chi connectivity index (χ1) is 7.75. The molecule has 0 spiro atoms. The van der Waals surface area contributed by atoms with E-state index in [1.807, 2.05) is 0 Å². The zero-order valence-corrected chi connectivity index (χ0v) is 9.22. The van der Waals surface area contributed by atoms with Gasteiger partial charge in [0.25, 0.3) is 5.69 Å². The molecule has 0 unspecified atom stereocenters. The Kier molecular flexibility index (Phi) is 4.98. The Morgan fingerprint density at radius 1 is 1.50 bits per heavy atom. The monoisotopic (exact) mass is 221 g/mol. The van der Waals surface area contributed by atoms with E-state index in [2.05, 4.69) is 17.5 Å². The maximum atomic E-state index is 10.7. The molecule has 0 saturated heterocycles. The van der Waals surface area contributed by atoms with Crippen LogP contribution < -0.4 is 5.43 Å². The van der Waals surface area contributed by atoms with Gasteiger partial charge in [0.15, 0.2) is 0 Å². The van der Waals surface area contributed by atoms with Crippen LogP contribution in [-0.4, -0.2) is 11.1 Å². The smallest absolute Gasteiger partial charge is 0.272 e. The number of unbranched alkanes of at least 4 members (excludes halogenated alkanes) is 2. The van der Waals surface area contributed by atoms with Crippen LogP contribution in [-0.2, 0) is 0 Å².